The second-order valence-corrected chi connectivity index (χ2v) is 7.97. The Morgan fingerprint density at radius 3 is 2.30 bits per heavy atom. The first-order chi connectivity index (χ1) is 14.2. The molecule has 154 valence electrons. The van der Waals surface area contributed by atoms with Gasteiger partial charge in [0.05, 0.1) is 12.5 Å². The van der Waals surface area contributed by atoms with Crippen molar-refractivity contribution in [2.75, 3.05) is 16.3 Å². The topological polar surface area (TPSA) is 145 Å². The second kappa shape index (κ2) is 8.62. The van der Waals surface area contributed by atoms with E-state index in [1.807, 2.05) is 0 Å². The van der Waals surface area contributed by atoms with Crippen molar-refractivity contribution in [3.63, 3.8) is 0 Å². The maximum Gasteiger partial charge on any atom is 0.257 e. The normalized spacial score (nSPS) is 10.8. The number of rotatable bonds is 6. The predicted octanol–water partition coefficient (Wildman–Crippen LogP) is 3.27. The van der Waals surface area contributed by atoms with Crippen molar-refractivity contribution >= 4 is 39.1 Å². The van der Waals surface area contributed by atoms with Crippen molar-refractivity contribution < 1.29 is 22.4 Å². The zero-order valence-corrected chi connectivity index (χ0v) is 16.6. The molecule has 9 nitrogen and oxygen atoms in total. The summed E-state index contributed by atoms with van der Waals surface area (Å²) >= 11 is 0. The number of hydrogen-bond acceptors (Lipinski definition) is 7. The molecule has 4 N–H and O–H groups in total. The van der Waals surface area contributed by atoms with E-state index in [0.717, 1.165) is 6.26 Å². The van der Waals surface area contributed by atoms with Gasteiger partial charge in [0.25, 0.3) is 11.8 Å². The number of sulfonamides is 1. The third kappa shape index (κ3) is 5.55. The zero-order valence-electron chi connectivity index (χ0n) is 15.8. The summed E-state index contributed by atoms with van der Waals surface area (Å²) < 4.78 is 35.0. The van der Waals surface area contributed by atoms with Gasteiger partial charge in [-0.15, -0.1) is 0 Å². The van der Waals surface area contributed by atoms with Crippen LogP contribution in [0.2, 0.25) is 0 Å². The number of furan rings is 1. The van der Waals surface area contributed by atoms with Crippen LogP contribution in [0, 0.1) is 10.8 Å². The Labute approximate surface area is 172 Å². The van der Waals surface area contributed by atoms with Gasteiger partial charge in [0, 0.05) is 22.5 Å². The standard InChI is InChI=1S/C20H18N4O5S/c1-30(26,27)24-15-9-7-13(8-10-15)20(25)23-16-5-2-4-14(12-16)18(21)29-19(22)17-6-3-11-28-17/h2-12,21-22,24H,1H3,(H,23,25). The third-order valence-electron chi connectivity index (χ3n) is 3.78. The van der Waals surface area contributed by atoms with Gasteiger partial charge in [-0.3, -0.25) is 20.3 Å². The van der Waals surface area contributed by atoms with Gasteiger partial charge in [-0.25, -0.2) is 8.42 Å². The molecular weight excluding hydrogens is 408 g/mol. The molecule has 1 amide bonds. The number of carbonyl (C=O) groups excluding carboxylic acids is 1. The summed E-state index contributed by atoms with van der Waals surface area (Å²) in [5.74, 6) is -0.794. The Kier molecular flexibility index (Phi) is 5.98. The number of nitrogens with one attached hydrogen (secondary N) is 4. The van der Waals surface area contributed by atoms with Crippen LogP contribution in [0.1, 0.15) is 21.7 Å². The summed E-state index contributed by atoms with van der Waals surface area (Å²) in [7, 11) is -3.40. The van der Waals surface area contributed by atoms with Crippen molar-refractivity contribution in [2.45, 2.75) is 0 Å². The van der Waals surface area contributed by atoms with Gasteiger partial charge < -0.3 is 14.5 Å². The summed E-state index contributed by atoms with van der Waals surface area (Å²) in [5.41, 5.74) is 1.46. The lowest BCUT2D eigenvalue weighted by atomic mass is 10.1. The molecule has 0 aliphatic carbocycles. The molecule has 0 spiro atoms. The van der Waals surface area contributed by atoms with Gasteiger partial charge in [-0.1, -0.05) is 6.07 Å². The highest BCUT2D eigenvalue weighted by Gasteiger charge is 2.13. The van der Waals surface area contributed by atoms with E-state index in [2.05, 4.69) is 10.0 Å². The quantitative estimate of drug-likeness (QED) is 0.353. The summed E-state index contributed by atoms with van der Waals surface area (Å²) in [4.78, 5) is 12.4. The van der Waals surface area contributed by atoms with Gasteiger partial charge >= 0.3 is 0 Å². The average molecular weight is 426 g/mol. The Bertz CT molecular complexity index is 1190. The number of ether oxygens (including phenoxy) is 1. The van der Waals surface area contributed by atoms with E-state index in [4.69, 9.17) is 20.0 Å². The Balaban J connectivity index is 1.66. The highest BCUT2D eigenvalue weighted by molar-refractivity contribution is 7.92. The van der Waals surface area contributed by atoms with Crippen LogP contribution in [-0.4, -0.2) is 32.4 Å². The first-order valence-electron chi connectivity index (χ1n) is 8.60. The van der Waals surface area contributed by atoms with Crippen LogP contribution >= 0.6 is 0 Å². The van der Waals surface area contributed by atoms with Gasteiger partial charge in [-0.05, 0) is 54.6 Å². The second-order valence-electron chi connectivity index (χ2n) is 6.22. The molecule has 0 saturated heterocycles. The van der Waals surface area contributed by atoms with Gasteiger partial charge in [0.15, 0.2) is 5.76 Å². The van der Waals surface area contributed by atoms with E-state index in [1.165, 1.54) is 36.6 Å². The van der Waals surface area contributed by atoms with E-state index in [9.17, 15) is 13.2 Å². The highest BCUT2D eigenvalue weighted by Crippen LogP contribution is 2.16. The Morgan fingerprint density at radius 1 is 0.933 bits per heavy atom. The molecule has 1 aromatic heterocycles. The van der Waals surface area contributed by atoms with Crippen molar-refractivity contribution in [1.82, 2.24) is 0 Å². The molecule has 0 unspecified atom stereocenters. The average Bonchev–Trinajstić information content (AvgIpc) is 3.22. The van der Waals surface area contributed by atoms with Crippen LogP contribution in [0.15, 0.2) is 71.3 Å². The molecule has 3 aromatic rings. The molecule has 3 rings (SSSR count). The number of benzene rings is 2. The summed E-state index contributed by atoms with van der Waals surface area (Å²) in [6, 6.07) is 15.5. The van der Waals surface area contributed by atoms with E-state index < -0.39 is 15.9 Å². The minimum atomic E-state index is -3.40. The monoisotopic (exact) mass is 426 g/mol. The van der Waals surface area contributed by atoms with Gasteiger partial charge in [-0.2, -0.15) is 0 Å². The Morgan fingerprint density at radius 2 is 1.67 bits per heavy atom. The van der Waals surface area contributed by atoms with Gasteiger partial charge in [0.1, 0.15) is 0 Å². The van der Waals surface area contributed by atoms with Crippen LogP contribution in [0.5, 0.6) is 0 Å². The molecule has 0 aliphatic heterocycles. The smallest absolute Gasteiger partial charge is 0.257 e. The highest BCUT2D eigenvalue weighted by atomic mass is 32.2. The lowest BCUT2D eigenvalue weighted by Crippen LogP contribution is -2.15. The first kappa shape index (κ1) is 20.8. The fraction of sp³-hybridized carbons (Fsp3) is 0.0500. The minimum absolute atomic E-state index is 0.193. The van der Waals surface area contributed by atoms with E-state index >= 15 is 0 Å². The molecule has 0 aliphatic rings. The lowest BCUT2D eigenvalue weighted by Gasteiger charge is -2.10. The van der Waals surface area contributed by atoms with Crippen LogP contribution < -0.4 is 10.0 Å². The largest absolute Gasteiger partial charge is 0.459 e. The fourth-order valence-corrected chi connectivity index (χ4v) is 3.03. The van der Waals surface area contributed by atoms with Crippen molar-refractivity contribution in [1.29, 1.82) is 10.8 Å². The number of hydrogen-bond donors (Lipinski definition) is 4. The van der Waals surface area contributed by atoms with Crippen LogP contribution in [0.3, 0.4) is 0 Å². The number of amides is 1. The molecule has 0 saturated carbocycles. The predicted molar refractivity (Wildman–Crippen MR) is 113 cm³/mol. The summed E-state index contributed by atoms with van der Waals surface area (Å²) in [6.07, 6.45) is 2.44. The molecule has 0 radical (unpaired) electrons. The van der Waals surface area contributed by atoms with E-state index in [1.54, 1.807) is 30.3 Å². The molecule has 0 bridgehead atoms. The van der Waals surface area contributed by atoms with E-state index in [0.29, 0.717) is 22.5 Å². The summed E-state index contributed by atoms with van der Waals surface area (Å²) in [6.45, 7) is 0. The third-order valence-corrected chi connectivity index (χ3v) is 4.39. The van der Waals surface area contributed by atoms with Gasteiger partial charge in [0.2, 0.25) is 15.9 Å². The molecule has 0 fully saturated rings. The van der Waals surface area contributed by atoms with Crippen molar-refractivity contribution in [3.05, 3.63) is 83.8 Å². The molecule has 10 heteroatoms. The Hall–Kier alpha value is -3.92. The maximum absolute atomic E-state index is 12.4. The zero-order chi connectivity index (χ0) is 21.7. The van der Waals surface area contributed by atoms with Crippen LogP contribution in [-0.2, 0) is 14.8 Å². The lowest BCUT2D eigenvalue weighted by molar-refractivity contribution is 0.102. The molecule has 30 heavy (non-hydrogen) atoms. The van der Waals surface area contributed by atoms with Crippen LogP contribution in [0.4, 0.5) is 11.4 Å². The molecule has 2 aromatic carbocycles. The minimum Gasteiger partial charge on any atom is -0.459 e. The maximum atomic E-state index is 12.4. The number of carbonyl (C=O) groups is 1. The number of anilines is 2. The van der Waals surface area contributed by atoms with E-state index in [-0.39, 0.29) is 17.6 Å². The molecule has 0 atom stereocenters. The first-order valence-corrected chi connectivity index (χ1v) is 10.5. The SMILES string of the molecule is CS(=O)(=O)Nc1ccc(C(=O)Nc2cccc(C(=N)OC(=N)c3ccco3)c2)cc1. The van der Waals surface area contributed by atoms with Crippen molar-refractivity contribution in [2.24, 2.45) is 0 Å². The van der Waals surface area contributed by atoms with Crippen molar-refractivity contribution in [3.8, 4) is 0 Å². The summed E-state index contributed by atoms with van der Waals surface area (Å²) in [5, 5.41) is 18.5. The molecular formula is C20H18N4O5S. The van der Waals surface area contributed by atoms with Crippen LogP contribution in [0.25, 0.3) is 0 Å². The fourth-order valence-electron chi connectivity index (χ4n) is 2.46. The molecule has 1 heterocycles.